The van der Waals surface area contributed by atoms with Crippen molar-refractivity contribution in [2.24, 2.45) is 5.10 Å². The molecular formula is C19H20N4O6S. The van der Waals surface area contributed by atoms with Crippen molar-refractivity contribution >= 4 is 27.4 Å². The van der Waals surface area contributed by atoms with Crippen LogP contribution >= 0.6 is 0 Å². The molecule has 0 radical (unpaired) electrons. The van der Waals surface area contributed by atoms with Crippen LogP contribution in [0.25, 0.3) is 11.4 Å². The van der Waals surface area contributed by atoms with Crippen molar-refractivity contribution in [3.05, 3.63) is 35.7 Å². The predicted octanol–water partition coefficient (Wildman–Crippen LogP) is 1.25. The van der Waals surface area contributed by atoms with Gasteiger partial charge in [-0.3, -0.25) is 4.79 Å². The maximum atomic E-state index is 12.4. The Labute approximate surface area is 172 Å². The van der Waals surface area contributed by atoms with Crippen molar-refractivity contribution in [1.29, 1.82) is 0 Å². The number of sulfone groups is 1. The smallest absolute Gasteiger partial charge is 0.355 e. The fraction of sp³-hybridized carbons (Fsp3) is 0.421. The standard InChI is InChI=1S/C19H20N4O6S/c1-12-2-4-13(5-3-12)18-20-16(29-22-18)10-28-19(25)15-6-7-17(24)23(21-15)14-8-9-30(26,27)11-14/h2-5,14H,6-11H2,1H3/t14-/m0/s1. The van der Waals surface area contributed by atoms with Crippen LogP contribution in [0.4, 0.5) is 0 Å². The molecule has 1 aromatic carbocycles. The first kappa shape index (κ1) is 20.2. The van der Waals surface area contributed by atoms with Gasteiger partial charge in [0.1, 0.15) is 5.71 Å². The zero-order valence-corrected chi connectivity index (χ0v) is 17.1. The average molecular weight is 432 g/mol. The van der Waals surface area contributed by atoms with Gasteiger partial charge in [-0.05, 0) is 13.3 Å². The second-order valence-electron chi connectivity index (χ2n) is 7.30. The summed E-state index contributed by atoms with van der Waals surface area (Å²) in [4.78, 5) is 28.7. The molecule has 3 heterocycles. The summed E-state index contributed by atoms with van der Waals surface area (Å²) in [5.74, 6) is -0.622. The third-order valence-electron chi connectivity index (χ3n) is 4.95. The molecule has 0 N–H and O–H groups in total. The van der Waals surface area contributed by atoms with Crippen LogP contribution in [-0.2, 0) is 30.8 Å². The lowest BCUT2D eigenvalue weighted by Gasteiger charge is -2.27. The topological polar surface area (TPSA) is 132 Å². The SMILES string of the molecule is Cc1ccc(-c2noc(COC(=O)C3=NN([C@H]4CCS(=O)(=O)C4)C(=O)CC3)n2)cc1. The molecule has 4 rings (SSSR count). The lowest BCUT2D eigenvalue weighted by Crippen LogP contribution is -2.42. The van der Waals surface area contributed by atoms with E-state index in [2.05, 4.69) is 15.2 Å². The fourth-order valence-electron chi connectivity index (χ4n) is 3.32. The van der Waals surface area contributed by atoms with Crippen LogP contribution in [0.3, 0.4) is 0 Å². The Morgan fingerprint density at radius 2 is 2.03 bits per heavy atom. The van der Waals surface area contributed by atoms with Crippen LogP contribution in [0.5, 0.6) is 0 Å². The molecular weight excluding hydrogens is 412 g/mol. The molecule has 1 amide bonds. The van der Waals surface area contributed by atoms with Crippen LogP contribution in [-0.4, -0.2) is 58.7 Å². The molecule has 10 nitrogen and oxygen atoms in total. The molecule has 0 unspecified atom stereocenters. The number of aromatic nitrogens is 2. The maximum absolute atomic E-state index is 12.4. The normalized spacial score (nSPS) is 20.8. The van der Waals surface area contributed by atoms with E-state index in [1.165, 1.54) is 0 Å². The number of carbonyl (C=O) groups excluding carboxylic acids is 2. The number of rotatable bonds is 5. The summed E-state index contributed by atoms with van der Waals surface area (Å²) in [5.41, 5.74) is 1.95. The molecule has 2 aromatic rings. The molecule has 1 saturated heterocycles. The number of aryl methyl sites for hydroxylation is 1. The Balaban J connectivity index is 1.39. The minimum absolute atomic E-state index is 0.0111. The van der Waals surface area contributed by atoms with E-state index in [0.717, 1.165) is 16.1 Å². The van der Waals surface area contributed by atoms with Crippen molar-refractivity contribution in [3.63, 3.8) is 0 Å². The van der Waals surface area contributed by atoms with E-state index in [1.807, 2.05) is 31.2 Å². The van der Waals surface area contributed by atoms with Gasteiger partial charge in [-0.1, -0.05) is 35.0 Å². The largest absolute Gasteiger partial charge is 0.451 e. The first-order valence-electron chi connectivity index (χ1n) is 9.47. The van der Waals surface area contributed by atoms with E-state index in [0.29, 0.717) is 12.2 Å². The molecule has 30 heavy (non-hydrogen) atoms. The Bertz CT molecular complexity index is 1110. The molecule has 1 fully saturated rings. The van der Waals surface area contributed by atoms with Crippen LogP contribution in [0.2, 0.25) is 0 Å². The van der Waals surface area contributed by atoms with Gasteiger partial charge in [-0.25, -0.2) is 18.2 Å². The van der Waals surface area contributed by atoms with Crippen LogP contribution in [0.1, 0.15) is 30.7 Å². The van der Waals surface area contributed by atoms with Gasteiger partial charge in [0.25, 0.3) is 5.89 Å². The van der Waals surface area contributed by atoms with E-state index in [9.17, 15) is 18.0 Å². The lowest BCUT2D eigenvalue weighted by molar-refractivity contribution is -0.138. The second kappa shape index (κ2) is 7.98. The minimum Gasteiger partial charge on any atom is -0.451 e. The summed E-state index contributed by atoms with van der Waals surface area (Å²) >= 11 is 0. The highest BCUT2D eigenvalue weighted by Crippen LogP contribution is 2.22. The molecule has 0 spiro atoms. The fourth-order valence-corrected chi connectivity index (χ4v) is 5.01. The maximum Gasteiger partial charge on any atom is 0.355 e. The van der Waals surface area contributed by atoms with E-state index >= 15 is 0 Å². The number of hydrazone groups is 1. The number of nitrogens with zero attached hydrogens (tertiary/aromatic N) is 4. The van der Waals surface area contributed by atoms with E-state index in [-0.39, 0.29) is 48.5 Å². The Morgan fingerprint density at radius 3 is 2.73 bits per heavy atom. The second-order valence-corrected chi connectivity index (χ2v) is 9.52. The van der Waals surface area contributed by atoms with Gasteiger partial charge < -0.3 is 9.26 Å². The summed E-state index contributed by atoms with van der Waals surface area (Å²) in [6.07, 6.45) is 0.512. The molecule has 0 aliphatic carbocycles. The van der Waals surface area contributed by atoms with Gasteiger partial charge in [0.15, 0.2) is 16.4 Å². The zero-order chi connectivity index (χ0) is 21.3. The summed E-state index contributed by atoms with van der Waals surface area (Å²) < 4.78 is 33.7. The van der Waals surface area contributed by atoms with E-state index < -0.39 is 21.8 Å². The predicted molar refractivity (Wildman–Crippen MR) is 105 cm³/mol. The Hall–Kier alpha value is -3.08. The number of carbonyl (C=O) groups is 2. The van der Waals surface area contributed by atoms with Crippen molar-refractivity contribution in [2.45, 2.75) is 38.8 Å². The first-order chi connectivity index (χ1) is 14.3. The van der Waals surface area contributed by atoms with Crippen molar-refractivity contribution in [3.8, 4) is 11.4 Å². The van der Waals surface area contributed by atoms with E-state index in [1.54, 1.807) is 0 Å². The quantitative estimate of drug-likeness (QED) is 0.645. The van der Waals surface area contributed by atoms with Crippen molar-refractivity contribution < 1.29 is 27.3 Å². The highest BCUT2D eigenvalue weighted by molar-refractivity contribution is 7.91. The van der Waals surface area contributed by atoms with Crippen LogP contribution in [0.15, 0.2) is 33.9 Å². The molecule has 2 aliphatic heterocycles. The van der Waals surface area contributed by atoms with Gasteiger partial charge in [-0.15, -0.1) is 0 Å². The number of ether oxygens (including phenoxy) is 1. The van der Waals surface area contributed by atoms with Crippen LogP contribution in [0, 0.1) is 6.92 Å². The first-order valence-corrected chi connectivity index (χ1v) is 11.3. The zero-order valence-electron chi connectivity index (χ0n) is 16.3. The van der Waals surface area contributed by atoms with Gasteiger partial charge in [0, 0.05) is 18.4 Å². The lowest BCUT2D eigenvalue weighted by atomic mass is 10.1. The molecule has 0 bridgehead atoms. The highest BCUT2D eigenvalue weighted by atomic mass is 32.2. The summed E-state index contributed by atoms with van der Waals surface area (Å²) in [5, 5.41) is 9.07. The monoisotopic (exact) mass is 432 g/mol. The third kappa shape index (κ3) is 4.40. The van der Waals surface area contributed by atoms with E-state index in [4.69, 9.17) is 9.26 Å². The number of hydrogen-bond acceptors (Lipinski definition) is 9. The van der Waals surface area contributed by atoms with Crippen molar-refractivity contribution in [2.75, 3.05) is 11.5 Å². The number of benzene rings is 1. The van der Waals surface area contributed by atoms with Crippen LogP contribution < -0.4 is 0 Å². The number of hydrogen-bond donors (Lipinski definition) is 0. The van der Waals surface area contributed by atoms with Gasteiger partial charge >= 0.3 is 5.97 Å². The van der Waals surface area contributed by atoms with Crippen molar-refractivity contribution in [1.82, 2.24) is 15.1 Å². The molecule has 1 atom stereocenters. The van der Waals surface area contributed by atoms with Gasteiger partial charge in [-0.2, -0.15) is 10.1 Å². The highest BCUT2D eigenvalue weighted by Gasteiger charge is 2.37. The van der Waals surface area contributed by atoms with Gasteiger partial charge in [0.05, 0.1) is 17.5 Å². The summed E-state index contributed by atoms with van der Waals surface area (Å²) in [6.45, 7) is 1.74. The Kier molecular flexibility index (Phi) is 5.37. The summed E-state index contributed by atoms with van der Waals surface area (Å²) in [7, 11) is -3.18. The minimum atomic E-state index is -3.18. The molecule has 0 saturated carbocycles. The Morgan fingerprint density at radius 1 is 1.27 bits per heavy atom. The molecule has 2 aliphatic rings. The van der Waals surface area contributed by atoms with Gasteiger partial charge in [0.2, 0.25) is 11.7 Å². The molecule has 158 valence electrons. The summed E-state index contributed by atoms with van der Waals surface area (Å²) in [6, 6.07) is 7.03. The number of amides is 1. The molecule has 1 aromatic heterocycles. The third-order valence-corrected chi connectivity index (χ3v) is 6.70. The number of esters is 1. The average Bonchev–Trinajstić information content (AvgIpc) is 3.33. The molecule has 11 heteroatoms.